The molecule has 2 aromatic rings. The number of aromatic nitrogens is 1. The van der Waals surface area contributed by atoms with Gasteiger partial charge in [-0.3, -0.25) is 4.79 Å². The van der Waals surface area contributed by atoms with E-state index < -0.39 is 0 Å². The molecule has 1 amide bonds. The Morgan fingerprint density at radius 1 is 1.38 bits per heavy atom. The van der Waals surface area contributed by atoms with E-state index in [1.165, 1.54) is 0 Å². The molecule has 4 rings (SSSR count). The molecule has 0 N–H and O–H groups in total. The number of carbonyl (C=O) groups excluding carboxylic acids is 1. The molecule has 0 unspecified atom stereocenters. The number of carbonyl (C=O) groups is 1. The van der Waals surface area contributed by atoms with Gasteiger partial charge in [-0.2, -0.15) is 0 Å². The molecule has 1 aromatic carbocycles. The van der Waals surface area contributed by atoms with Gasteiger partial charge >= 0.3 is 0 Å². The Morgan fingerprint density at radius 2 is 2.21 bits per heavy atom. The van der Waals surface area contributed by atoms with Crippen molar-refractivity contribution in [2.45, 2.75) is 44.6 Å². The summed E-state index contributed by atoms with van der Waals surface area (Å²) in [5.41, 5.74) is 2.21. The summed E-state index contributed by atoms with van der Waals surface area (Å²) in [5, 5.41) is 3.25. The number of piperidine rings is 1. The van der Waals surface area contributed by atoms with Gasteiger partial charge in [0.2, 0.25) is 0 Å². The van der Waals surface area contributed by atoms with E-state index in [4.69, 9.17) is 4.74 Å². The predicted molar refractivity (Wildman–Crippen MR) is 94.7 cm³/mol. The molecule has 2 aliphatic heterocycles. The van der Waals surface area contributed by atoms with E-state index in [-0.39, 0.29) is 17.9 Å². The minimum absolute atomic E-state index is 0.108. The number of ether oxygens (including phenoxy) is 1. The highest BCUT2D eigenvalue weighted by Crippen LogP contribution is 2.39. The molecule has 3 atom stereocenters. The van der Waals surface area contributed by atoms with Crippen LogP contribution in [0.1, 0.15) is 47.9 Å². The van der Waals surface area contributed by atoms with Crippen LogP contribution in [0.2, 0.25) is 0 Å². The van der Waals surface area contributed by atoms with Gasteiger partial charge in [0.25, 0.3) is 5.91 Å². The number of rotatable bonds is 2. The monoisotopic (exact) mass is 342 g/mol. The number of nitrogens with zero attached hydrogens (tertiary/aromatic N) is 2. The molecule has 0 radical (unpaired) electrons. The van der Waals surface area contributed by atoms with Crippen LogP contribution in [0.3, 0.4) is 0 Å². The first-order valence-electron chi connectivity index (χ1n) is 8.60. The van der Waals surface area contributed by atoms with Crippen LogP contribution < -0.4 is 4.74 Å². The zero-order valence-electron chi connectivity index (χ0n) is 14.1. The molecule has 24 heavy (non-hydrogen) atoms. The number of benzene rings is 1. The molecule has 0 saturated carbocycles. The lowest BCUT2D eigenvalue weighted by Gasteiger charge is -2.34. The van der Waals surface area contributed by atoms with Crippen molar-refractivity contribution < 1.29 is 9.53 Å². The molecule has 4 nitrogen and oxygen atoms in total. The van der Waals surface area contributed by atoms with Gasteiger partial charge in [-0.25, -0.2) is 4.98 Å². The topological polar surface area (TPSA) is 42.4 Å². The van der Waals surface area contributed by atoms with Crippen LogP contribution in [-0.2, 0) is 4.79 Å². The number of para-hydroxylation sites is 1. The first kappa shape index (κ1) is 15.6. The molecule has 0 aliphatic carbocycles. The predicted octanol–water partition coefficient (Wildman–Crippen LogP) is 3.72. The summed E-state index contributed by atoms with van der Waals surface area (Å²) in [6.07, 6.45) is 1.75. The van der Waals surface area contributed by atoms with Gasteiger partial charge in [-0.1, -0.05) is 25.1 Å². The fourth-order valence-electron chi connectivity index (χ4n) is 3.75. The average Bonchev–Trinajstić information content (AvgIpc) is 3.19. The second-order valence-corrected chi connectivity index (χ2v) is 7.71. The third-order valence-electron chi connectivity index (χ3n) is 5.08. The molecule has 1 saturated heterocycles. The van der Waals surface area contributed by atoms with Crippen LogP contribution in [0.25, 0.3) is 0 Å². The first-order chi connectivity index (χ1) is 11.6. The summed E-state index contributed by atoms with van der Waals surface area (Å²) >= 11 is 1.71. The molecule has 1 fully saturated rings. The zero-order chi connectivity index (χ0) is 16.7. The molecule has 126 valence electrons. The van der Waals surface area contributed by atoms with E-state index in [1.807, 2.05) is 30.0 Å². The smallest absolute Gasteiger partial charge is 0.264 e. The van der Waals surface area contributed by atoms with Crippen molar-refractivity contribution in [2.24, 2.45) is 0 Å². The van der Waals surface area contributed by atoms with Gasteiger partial charge in [0.15, 0.2) is 6.10 Å². The van der Waals surface area contributed by atoms with Crippen LogP contribution >= 0.6 is 11.3 Å². The van der Waals surface area contributed by atoms with E-state index >= 15 is 0 Å². The van der Waals surface area contributed by atoms with Crippen molar-refractivity contribution in [3.05, 3.63) is 45.9 Å². The van der Waals surface area contributed by atoms with Gasteiger partial charge in [0.05, 0.1) is 5.01 Å². The highest BCUT2D eigenvalue weighted by molar-refractivity contribution is 7.09. The molecule has 5 heteroatoms. The summed E-state index contributed by atoms with van der Waals surface area (Å²) in [5.74, 6) is 1.45. The van der Waals surface area contributed by atoms with Crippen molar-refractivity contribution in [3.8, 4) is 5.75 Å². The van der Waals surface area contributed by atoms with Crippen molar-refractivity contribution in [1.82, 2.24) is 9.88 Å². The fraction of sp³-hybridized carbons (Fsp3) is 0.474. The Kier molecular flexibility index (Phi) is 4.04. The second kappa shape index (κ2) is 6.20. The van der Waals surface area contributed by atoms with Crippen molar-refractivity contribution in [1.29, 1.82) is 0 Å². The van der Waals surface area contributed by atoms with E-state index in [2.05, 4.69) is 23.4 Å². The van der Waals surface area contributed by atoms with Gasteiger partial charge in [-0.15, -0.1) is 11.3 Å². The lowest BCUT2D eigenvalue weighted by atomic mass is 9.94. The standard InChI is InChI=1S/C19H22N2O2S/c1-12-11-24-18(20-12)14-6-5-9-21(10-14)19(22)17-13(2)15-7-3-4-8-16(15)23-17/h3-4,7-8,11,13-14,17H,5-6,9-10H2,1-2H3/t13-,14+,17-/m0/s1. The van der Waals surface area contributed by atoms with Gasteiger partial charge in [-0.05, 0) is 25.8 Å². The van der Waals surface area contributed by atoms with Gasteiger partial charge < -0.3 is 9.64 Å². The Morgan fingerprint density at radius 3 is 2.96 bits per heavy atom. The lowest BCUT2D eigenvalue weighted by Crippen LogP contribution is -2.46. The summed E-state index contributed by atoms with van der Waals surface area (Å²) in [7, 11) is 0. The van der Waals surface area contributed by atoms with E-state index in [1.54, 1.807) is 11.3 Å². The van der Waals surface area contributed by atoms with E-state index in [0.717, 1.165) is 47.9 Å². The lowest BCUT2D eigenvalue weighted by molar-refractivity contribution is -0.139. The Labute approximate surface area is 146 Å². The molecule has 2 aliphatic rings. The van der Waals surface area contributed by atoms with Crippen LogP contribution in [0.4, 0.5) is 0 Å². The molecule has 0 spiro atoms. The summed E-state index contributed by atoms with van der Waals surface area (Å²) < 4.78 is 5.98. The maximum Gasteiger partial charge on any atom is 0.264 e. The number of thiazole rings is 1. The number of aryl methyl sites for hydroxylation is 1. The molecular weight excluding hydrogens is 320 g/mol. The summed E-state index contributed by atoms with van der Waals surface area (Å²) in [6, 6.07) is 7.98. The maximum absolute atomic E-state index is 13.0. The van der Waals surface area contributed by atoms with E-state index in [9.17, 15) is 4.79 Å². The SMILES string of the molecule is Cc1csc([C@@H]2CCCN(C(=O)[C@H]3Oc4ccccc4[C@@H]3C)C2)n1. The summed E-state index contributed by atoms with van der Waals surface area (Å²) in [4.78, 5) is 19.7. The minimum Gasteiger partial charge on any atom is -0.480 e. The highest BCUT2D eigenvalue weighted by atomic mass is 32.1. The van der Waals surface area contributed by atoms with Crippen LogP contribution in [0, 0.1) is 6.92 Å². The second-order valence-electron chi connectivity index (χ2n) is 6.82. The minimum atomic E-state index is -0.390. The molecular formula is C19H22N2O2S. The quantitative estimate of drug-likeness (QED) is 0.835. The van der Waals surface area contributed by atoms with Crippen molar-refractivity contribution in [3.63, 3.8) is 0 Å². The van der Waals surface area contributed by atoms with Crippen LogP contribution in [-0.4, -0.2) is 35.0 Å². The number of fused-ring (bicyclic) bond motifs is 1. The summed E-state index contributed by atoms with van der Waals surface area (Å²) in [6.45, 7) is 5.69. The van der Waals surface area contributed by atoms with E-state index in [0.29, 0.717) is 5.92 Å². The maximum atomic E-state index is 13.0. The van der Waals surface area contributed by atoms with Gasteiger partial charge in [0, 0.05) is 41.6 Å². The normalized spacial score (nSPS) is 26.1. The third-order valence-corrected chi connectivity index (χ3v) is 6.21. The Balaban J connectivity index is 1.49. The fourth-order valence-corrected chi connectivity index (χ4v) is 4.67. The van der Waals surface area contributed by atoms with Gasteiger partial charge in [0.1, 0.15) is 5.75 Å². The number of amides is 1. The zero-order valence-corrected chi connectivity index (χ0v) is 14.9. The number of hydrogen-bond donors (Lipinski definition) is 0. The molecule has 3 heterocycles. The van der Waals surface area contributed by atoms with Crippen molar-refractivity contribution >= 4 is 17.2 Å². The van der Waals surface area contributed by atoms with Crippen molar-refractivity contribution in [2.75, 3.05) is 13.1 Å². The molecule has 1 aromatic heterocycles. The van der Waals surface area contributed by atoms with Crippen LogP contribution in [0.5, 0.6) is 5.75 Å². The number of hydrogen-bond acceptors (Lipinski definition) is 4. The number of likely N-dealkylation sites (tertiary alicyclic amines) is 1. The van der Waals surface area contributed by atoms with Crippen LogP contribution in [0.15, 0.2) is 29.6 Å². The average molecular weight is 342 g/mol. The first-order valence-corrected chi connectivity index (χ1v) is 9.48. The third kappa shape index (κ3) is 2.71. The largest absolute Gasteiger partial charge is 0.480 e. The molecule has 0 bridgehead atoms. The highest BCUT2D eigenvalue weighted by Gasteiger charge is 2.39. The Hall–Kier alpha value is -1.88. The Bertz CT molecular complexity index is 757.